The topological polar surface area (TPSA) is 61.2 Å². The quantitative estimate of drug-likeness (QED) is 0.619. The third-order valence-electron chi connectivity index (χ3n) is 3.46. The van der Waals surface area contributed by atoms with Gasteiger partial charge in [0, 0.05) is 24.2 Å². The van der Waals surface area contributed by atoms with Crippen LogP contribution in [0.2, 0.25) is 0 Å². The van der Waals surface area contributed by atoms with Gasteiger partial charge in [-0.3, -0.25) is 14.3 Å². The van der Waals surface area contributed by atoms with Crippen molar-refractivity contribution in [2.24, 2.45) is 7.05 Å². The molecule has 102 valence electrons. The molecule has 0 bridgehead atoms. The van der Waals surface area contributed by atoms with Crippen molar-refractivity contribution in [3.05, 3.63) is 42.1 Å². The standard InChI is InChI=1S/C15H14N2O3/c1-17-13(11-7-14(18)20-15(19)8-11)9-12(16-17)10-5-3-2-4-6-10/h2-6,9,11H,7-8H2,1H3. The summed E-state index contributed by atoms with van der Waals surface area (Å²) in [6, 6.07) is 11.7. The van der Waals surface area contributed by atoms with E-state index in [1.165, 1.54) is 0 Å². The zero-order chi connectivity index (χ0) is 14.1. The first-order valence-electron chi connectivity index (χ1n) is 6.46. The van der Waals surface area contributed by atoms with Crippen molar-refractivity contribution in [1.82, 2.24) is 9.78 Å². The lowest BCUT2D eigenvalue weighted by Crippen LogP contribution is -2.25. The molecule has 5 nitrogen and oxygen atoms in total. The maximum Gasteiger partial charge on any atom is 0.314 e. The molecule has 1 aromatic carbocycles. The van der Waals surface area contributed by atoms with Gasteiger partial charge in [-0.2, -0.15) is 5.10 Å². The number of ether oxygens (including phenoxy) is 1. The monoisotopic (exact) mass is 270 g/mol. The van der Waals surface area contributed by atoms with Crippen LogP contribution in [0.25, 0.3) is 11.3 Å². The molecule has 2 heterocycles. The summed E-state index contributed by atoms with van der Waals surface area (Å²) in [6.07, 6.45) is 0.443. The number of benzene rings is 1. The van der Waals surface area contributed by atoms with Crippen LogP contribution >= 0.6 is 0 Å². The lowest BCUT2D eigenvalue weighted by molar-refractivity contribution is -0.164. The molecule has 0 N–H and O–H groups in total. The molecule has 0 amide bonds. The number of nitrogens with zero attached hydrogens (tertiary/aromatic N) is 2. The molecular weight excluding hydrogens is 256 g/mol. The smallest absolute Gasteiger partial charge is 0.314 e. The van der Waals surface area contributed by atoms with Crippen LogP contribution in [-0.2, 0) is 21.4 Å². The fraction of sp³-hybridized carbons (Fsp3) is 0.267. The average Bonchev–Trinajstić information content (AvgIpc) is 2.81. The lowest BCUT2D eigenvalue weighted by Gasteiger charge is -2.19. The van der Waals surface area contributed by atoms with Crippen LogP contribution in [0.4, 0.5) is 0 Å². The number of aryl methyl sites for hydroxylation is 1. The number of carbonyl (C=O) groups is 2. The molecule has 0 saturated carbocycles. The Balaban J connectivity index is 1.93. The molecule has 5 heteroatoms. The van der Waals surface area contributed by atoms with Crippen molar-refractivity contribution in [3.63, 3.8) is 0 Å². The maximum absolute atomic E-state index is 11.4. The molecule has 3 rings (SSSR count). The summed E-state index contributed by atoms with van der Waals surface area (Å²) in [5.41, 5.74) is 2.74. The number of hydrogen-bond acceptors (Lipinski definition) is 4. The van der Waals surface area contributed by atoms with E-state index in [-0.39, 0.29) is 18.8 Å². The van der Waals surface area contributed by atoms with Crippen LogP contribution in [0, 0.1) is 0 Å². The number of cyclic esters (lactones) is 2. The van der Waals surface area contributed by atoms with E-state index in [0.29, 0.717) is 0 Å². The summed E-state index contributed by atoms with van der Waals surface area (Å²) in [6.45, 7) is 0. The number of carbonyl (C=O) groups excluding carboxylic acids is 2. The summed E-state index contributed by atoms with van der Waals surface area (Å²) in [7, 11) is 1.83. The fourth-order valence-corrected chi connectivity index (χ4v) is 2.51. The van der Waals surface area contributed by atoms with Gasteiger partial charge in [0.05, 0.1) is 18.5 Å². The van der Waals surface area contributed by atoms with E-state index in [1.54, 1.807) is 4.68 Å². The maximum atomic E-state index is 11.4. The minimum Gasteiger partial charge on any atom is -0.393 e. The normalized spacial score (nSPS) is 16.2. The highest BCUT2D eigenvalue weighted by Gasteiger charge is 2.30. The Morgan fingerprint density at radius 3 is 2.45 bits per heavy atom. The molecule has 1 aromatic heterocycles. The zero-order valence-electron chi connectivity index (χ0n) is 11.1. The first-order chi connectivity index (χ1) is 9.63. The van der Waals surface area contributed by atoms with Crippen molar-refractivity contribution in [2.45, 2.75) is 18.8 Å². The molecule has 2 aromatic rings. The minimum absolute atomic E-state index is 0.154. The summed E-state index contributed by atoms with van der Waals surface area (Å²) in [5, 5.41) is 4.46. The van der Waals surface area contributed by atoms with E-state index in [9.17, 15) is 9.59 Å². The molecule has 0 radical (unpaired) electrons. The summed E-state index contributed by atoms with van der Waals surface area (Å²) in [5.74, 6) is -1.08. The van der Waals surface area contributed by atoms with Crippen LogP contribution in [0.3, 0.4) is 0 Å². The van der Waals surface area contributed by atoms with Crippen molar-refractivity contribution < 1.29 is 14.3 Å². The molecule has 1 fully saturated rings. The van der Waals surface area contributed by atoms with Gasteiger partial charge in [0.2, 0.25) is 0 Å². The number of rotatable bonds is 2. The molecule has 0 aliphatic carbocycles. The Labute approximate surface area is 116 Å². The lowest BCUT2D eigenvalue weighted by atomic mass is 9.95. The first kappa shape index (κ1) is 12.6. The van der Waals surface area contributed by atoms with E-state index < -0.39 is 11.9 Å². The van der Waals surface area contributed by atoms with Gasteiger partial charge in [-0.1, -0.05) is 30.3 Å². The molecule has 0 spiro atoms. The molecule has 20 heavy (non-hydrogen) atoms. The van der Waals surface area contributed by atoms with Crippen LogP contribution in [0.1, 0.15) is 24.5 Å². The summed E-state index contributed by atoms with van der Waals surface area (Å²) >= 11 is 0. The third kappa shape index (κ3) is 2.34. The second-order valence-corrected chi connectivity index (χ2v) is 4.90. The Morgan fingerprint density at radius 1 is 1.15 bits per heavy atom. The Morgan fingerprint density at radius 2 is 1.80 bits per heavy atom. The third-order valence-corrected chi connectivity index (χ3v) is 3.46. The highest BCUT2D eigenvalue weighted by atomic mass is 16.6. The van der Waals surface area contributed by atoms with Gasteiger partial charge in [0.1, 0.15) is 0 Å². The zero-order valence-corrected chi connectivity index (χ0v) is 11.1. The van der Waals surface area contributed by atoms with E-state index in [1.807, 2.05) is 43.4 Å². The molecular formula is C15H14N2O3. The van der Waals surface area contributed by atoms with Crippen molar-refractivity contribution in [2.75, 3.05) is 0 Å². The van der Waals surface area contributed by atoms with Gasteiger partial charge in [0.15, 0.2) is 0 Å². The van der Waals surface area contributed by atoms with Gasteiger partial charge in [-0.05, 0) is 6.07 Å². The van der Waals surface area contributed by atoms with Gasteiger partial charge >= 0.3 is 11.9 Å². The highest BCUT2D eigenvalue weighted by molar-refractivity contribution is 5.89. The Bertz CT molecular complexity index is 645. The molecule has 1 aliphatic rings. The largest absolute Gasteiger partial charge is 0.393 e. The SMILES string of the molecule is Cn1nc(-c2ccccc2)cc1C1CC(=O)OC(=O)C1. The van der Waals surface area contributed by atoms with Crippen LogP contribution in [-0.4, -0.2) is 21.7 Å². The van der Waals surface area contributed by atoms with Gasteiger partial charge in [-0.15, -0.1) is 0 Å². The number of aromatic nitrogens is 2. The number of hydrogen-bond donors (Lipinski definition) is 0. The predicted octanol–water partition coefficient (Wildman–Crippen LogP) is 2.03. The van der Waals surface area contributed by atoms with Gasteiger partial charge in [-0.25, -0.2) is 0 Å². The predicted molar refractivity (Wildman–Crippen MR) is 71.7 cm³/mol. The van der Waals surface area contributed by atoms with Crippen molar-refractivity contribution >= 4 is 11.9 Å². The average molecular weight is 270 g/mol. The fourth-order valence-electron chi connectivity index (χ4n) is 2.51. The van der Waals surface area contributed by atoms with Crippen LogP contribution in [0.15, 0.2) is 36.4 Å². The summed E-state index contributed by atoms with van der Waals surface area (Å²) in [4.78, 5) is 22.7. The Hall–Kier alpha value is -2.43. The molecule has 1 saturated heterocycles. The van der Waals surface area contributed by atoms with Crippen LogP contribution in [0.5, 0.6) is 0 Å². The van der Waals surface area contributed by atoms with Crippen molar-refractivity contribution in [3.8, 4) is 11.3 Å². The van der Waals surface area contributed by atoms with Crippen LogP contribution < -0.4 is 0 Å². The van der Waals surface area contributed by atoms with E-state index in [2.05, 4.69) is 9.84 Å². The van der Waals surface area contributed by atoms with E-state index >= 15 is 0 Å². The van der Waals surface area contributed by atoms with E-state index in [4.69, 9.17) is 0 Å². The highest BCUT2D eigenvalue weighted by Crippen LogP contribution is 2.30. The molecule has 1 aliphatic heterocycles. The first-order valence-corrected chi connectivity index (χ1v) is 6.46. The number of esters is 2. The minimum atomic E-state index is -0.464. The molecule has 0 atom stereocenters. The second kappa shape index (κ2) is 4.92. The van der Waals surface area contributed by atoms with Gasteiger partial charge in [0.25, 0.3) is 0 Å². The molecule has 0 unspecified atom stereocenters. The van der Waals surface area contributed by atoms with Crippen molar-refractivity contribution in [1.29, 1.82) is 0 Å². The van der Waals surface area contributed by atoms with E-state index in [0.717, 1.165) is 17.0 Å². The Kier molecular flexibility index (Phi) is 3.10. The second-order valence-electron chi connectivity index (χ2n) is 4.90. The summed E-state index contributed by atoms with van der Waals surface area (Å²) < 4.78 is 6.30. The van der Waals surface area contributed by atoms with Gasteiger partial charge < -0.3 is 4.74 Å².